The van der Waals surface area contributed by atoms with Crippen molar-refractivity contribution in [2.45, 2.75) is 9.79 Å². The van der Waals surface area contributed by atoms with Gasteiger partial charge >= 0.3 is 0 Å². The van der Waals surface area contributed by atoms with Crippen LogP contribution in [0.3, 0.4) is 0 Å². The molecule has 2 N–H and O–H groups in total. The molecule has 0 saturated carbocycles. The lowest BCUT2D eigenvalue weighted by Crippen LogP contribution is -2.18. The molecule has 0 bridgehead atoms. The van der Waals surface area contributed by atoms with E-state index in [9.17, 15) is 13.2 Å². The van der Waals surface area contributed by atoms with Gasteiger partial charge in [-0.3, -0.25) is 4.79 Å². The monoisotopic (exact) mass is 339 g/mol. The molecular formula is C17H13N3O3S. The summed E-state index contributed by atoms with van der Waals surface area (Å²) in [5, 5.41) is 11.8. The first kappa shape index (κ1) is 15.8. The largest absolute Gasteiger partial charge is 0.359 e. The van der Waals surface area contributed by atoms with Crippen molar-refractivity contribution in [1.82, 2.24) is 10.3 Å². The van der Waals surface area contributed by atoms with Crippen molar-refractivity contribution < 1.29 is 13.2 Å². The SMILES string of the molecule is CNC(=O)c1cccc2c(S(=O)(=O)c3ccc(C#N)cc3)c[nH]c12. The van der Waals surface area contributed by atoms with Gasteiger partial charge in [-0.25, -0.2) is 8.42 Å². The summed E-state index contributed by atoms with van der Waals surface area (Å²) in [5.41, 5.74) is 1.22. The maximum absolute atomic E-state index is 12.9. The number of benzene rings is 2. The number of carbonyl (C=O) groups excluding carboxylic acids is 1. The standard InChI is InChI=1S/C17H13N3O3S/c1-19-17(21)14-4-2-3-13-15(10-20-16(13)14)24(22,23)12-7-5-11(9-18)6-8-12/h2-8,10,20H,1H3,(H,19,21). The number of nitrogens with zero attached hydrogens (tertiary/aromatic N) is 1. The molecule has 0 atom stereocenters. The van der Waals surface area contributed by atoms with E-state index in [-0.39, 0.29) is 15.7 Å². The molecule has 7 heteroatoms. The fourth-order valence-electron chi connectivity index (χ4n) is 2.51. The van der Waals surface area contributed by atoms with Gasteiger partial charge in [0, 0.05) is 18.6 Å². The van der Waals surface area contributed by atoms with E-state index in [1.165, 1.54) is 37.5 Å². The van der Waals surface area contributed by atoms with Crippen molar-refractivity contribution in [2.75, 3.05) is 7.05 Å². The summed E-state index contributed by atoms with van der Waals surface area (Å²) in [6, 6.07) is 12.6. The summed E-state index contributed by atoms with van der Waals surface area (Å²) in [7, 11) is -2.26. The number of hydrogen-bond donors (Lipinski definition) is 2. The minimum Gasteiger partial charge on any atom is -0.359 e. The molecule has 0 aliphatic heterocycles. The van der Waals surface area contributed by atoms with Crippen LogP contribution >= 0.6 is 0 Å². The Morgan fingerprint density at radius 2 is 1.88 bits per heavy atom. The first-order valence-electron chi connectivity index (χ1n) is 7.06. The minimum absolute atomic E-state index is 0.0905. The number of aromatic amines is 1. The molecule has 0 spiro atoms. The van der Waals surface area contributed by atoms with Crippen LogP contribution in [0, 0.1) is 11.3 Å². The van der Waals surface area contributed by atoms with E-state index in [1.54, 1.807) is 18.2 Å². The van der Waals surface area contributed by atoms with Crippen molar-refractivity contribution in [2.24, 2.45) is 0 Å². The number of nitrogens with one attached hydrogen (secondary N) is 2. The zero-order valence-electron chi connectivity index (χ0n) is 12.7. The third-order valence-electron chi connectivity index (χ3n) is 3.73. The average molecular weight is 339 g/mol. The number of rotatable bonds is 3. The Morgan fingerprint density at radius 3 is 2.50 bits per heavy atom. The third-order valence-corrected chi connectivity index (χ3v) is 5.54. The van der Waals surface area contributed by atoms with E-state index < -0.39 is 9.84 Å². The summed E-state index contributed by atoms with van der Waals surface area (Å²) in [6.07, 6.45) is 1.38. The maximum Gasteiger partial charge on any atom is 0.253 e. The van der Waals surface area contributed by atoms with E-state index >= 15 is 0 Å². The second kappa shape index (κ2) is 5.83. The molecule has 2 aromatic carbocycles. The van der Waals surface area contributed by atoms with Gasteiger partial charge in [0.2, 0.25) is 9.84 Å². The number of carbonyl (C=O) groups is 1. The first-order chi connectivity index (χ1) is 11.5. The summed E-state index contributed by atoms with van der Waals surface area (Å²) >= 11 is 0. The molecule has 0 radical (unpaired) electrons. The second-order valence-electron chi connectivity index (χ2n) is 5.10. The van der Waals surface area contributed by atoms with Crippen LogP contribution < -0.4 is 5.32 Å². The molecule has 1 heterocycles. The maximum atomic E-state index is 12.9. The van der Waals surface area contributed by atoms with Gasteiger partial charge in [0.05, 0.1) is 32.5 Å². The smallest absolute Gasteiger partial charge is 0.253 e. The van der Waals surface area contributed by atoms with Gasteiger partial charge in [0.1, 0.15) is 0 Å². The van der Waals surface area contributed by atoms with Gasteiger partial charge in [-0.15, -0.1) is 0 Å². The normalized spacial score (nSPS) is 11.2. The highest BCUT2D eigenvalue weighted by Crippen LogP contribution is 2.30. The Hall–Kier alpha value is -3.11. The molecule has 1 amide bonds. The van der Waals surface area contributed by atoms with Crippen LogP contribution in [0.2, 0.25) is 0 Å². The van der Waals surface area contributed by atoms with Crippen molar-refractivity contribution in [3.8, 4) is 6.07 Å². The number of para-hydroxylation sites is 1. The van der Waals surface area contributed by atoms with Crippen molar-refractivity contribution in [1.29, 1.82) is 5.26 Å². The van der Waals surface area contributed by atoms with E-state index in [2.05, 4.69) is 10.3 Å². The molecule has 0 aliphatic carbocycles. The molecule has 0 unspecified atom stereocenters. The van der Waals surface area contributed by atoms with E-state index in [0.29, 0.717) is 22.0 Å². The Kier molecular flexibility index (Phi) is 3.83. The van der Waals surface area contributed by atoms with E-state index in [0.717, 1.165) is 0 Å². The predicted molar refractivity (Wildman–Crippen MR) is 88.3 cm³/mol. The van der Waals surface area contributed by atoms with Gasteiger partial charge in [-0.1, -0.05) is 12.1 Å². The van der Waals surface area contributed by atoms with Crippen LogP contribution in [-0.2, 0) is 9.84 Å². The van der Waals surface area contributed by atoms with Crippen molar-refractivity contribution in [3.63, 3.8) is 0 Å². The predicted octanol–water partition coefficient (Wildman–Crippen LogP) is 2.23. The zero-order valence-corrected chi connectivity index (χ0v) is 13.5. The molecule has 3 aromatic rings. The average Bonchev–Trinajstić information content (AvgIpc) is 3.06. The third kappa shape index (κ3) is 2.43. The second-order valence-corrected chi connectivity index (χ2v) is 7.02. The molecule has 1 aromatic heterocycles. The molecule has 0 fully saturated rings. The number of fused-ring (bicyclic) bond motifs is 1. The Labute approximate surface area is 138 Å². The molecule has 6 nitrogen and oxygen atoms in total. The highest BCUT2D eigenvalue weighted by Gasteiger charge is 2.23. The zero-order chi connectivity index (χ0) is 17.3. The number of amides is 1. The molecule has 3 rings (SSSR count). The highest BCUT2D eigenvalue weighted by molar-refractivity contribution is 7.91. The molecule has 120 valence electrons. The Morgan fingerprint density at radius 1 is 1.17 bits per heavy atom. The molecular weight excluding hydrogens is 326 g/mol. The summed E-state index contributed by atoms with van der Waals surface area (Å²) < 4.78 is 25.7. The van der Waals surface area contributed by atoms with Gasteiger partial charge in [-0.05, 0) is 30.3 Å². The fourth-order valence-corrected chi connectivity index (χ4v) is 3.93. The highest BCUT2D eigenvalue weighted by atomic mass is 32.2. The first-order valence-corrected chi connectivity index (χ1v) is 8.55. The van der Waals surface area contributed by atoms with Crippen LogP contribution in [0.25, 0.3) is 10.9 Å². The number of hydrogen-bond acceptors (Lipinski definition) is 4. The number of aromatic nitrogens is 1. The lowest BCUT2D eigenvalue weighted by Gasteiger charge is -2.05. The van der Waals surface area contributed by atoms with E-state index in [4.69, 9.17) is 5.26 Å². The van der Waals surface area contributed by atoms with Gasteiger partial charge < -0.3 is 10.3 Å². The number of sulfone groups is 1. The minimum atomic E-state index is -3.77. The lowest BCUT2D eigenvalue weighted by molar-refractivity contribution is 0.0964. The number of nitriles is 1. The molecule has 0 aliphatic rings. The van der Waals surface area contributed by atoms with Crippen LogP contribution in [-0.4, -0.2) is 26.4 Å². The number of H-pyrrole nitrogens is 1. The Balaban J connectivity index is 2.18. The van der Waals surface area contributed by atoms with Crippen LogP contribution in [0.15, 0.2) is 58.5 Å². The van der Waals surface area contributed by atoms with E-state index in [1.807, 2.05) is 6.07 Å². The van der Waals surface area contributed by atoms with Crippen LogP contribution in [0.5, 0.6) is 0 Å². The van der Waals surface area contributed by atoms with Crippen molar-refractivity contribution >= 4 is 26.6 Å². The summed E-state index contributed by atoms with van der Waals surface area (Å²) in [4.78, 5) is 15.0. The topological polar surface area (TPSA) is 103 Å². The quantitative estimate of drug-likeness (QED) is 0.763. The van der Waals surface area contributed by atoms with Gasteiger partial charge in [0.15, 0.2) is 0 Å². The van der Waals surface area contributed by atoms with Crippen LogP contribution in [0.1, 0.15) is 15.9 Å². The fraction of sp³-hybridized carbons (Fsp3) is 0.0588. The van der Waals surface area contributed by atoms with Gasteiger partial charge in [0.25, 0.3) is 5.91 Å². The summed E-state index contributed by atoms with van der Waals surface area (Å²) in [5.74, 6) is -0.301. The molecule has 0 saturated heterocycles. The van der Waals surface area contributed by atoms with Gasteiger partial charge in [-0.2, -0.15) is 5.26 Å². The summed E-state index contributed by atoms with van der Waals surface area (Å²) in [6.45, 7) is 0. The Bertz CT molecular complexity index is 1070. The van der Waals surface area contributed by atoms with Crippen molar-refractivity contribution in [3.05, 3.63) is 59.8 Å². The lowest BCUT2D eigenvalue weighted by atomic mass is 10.1. The van der Waals surface area contributed by atoms with Crippen LogP contribution in [0.4, 0.5) is 0 Å². The molecule has 24 heavy (non-hydrogen) atoms.